The molecule has 2 aromatic carbocycles. The van der Waals surface area contributed by atoms with Gasteiger partial charge in [-0.25, -0.2) is 0 Å². The molecule has 1 heterocycles. The Kier molecular flexibility index (Phi) is 6.79. The standard InChI is InChI=1S/C22H25N3O2S/c1-25(2)19(20-8-5-13-28-20)15-24-21(26)11-12-23-22(27)18-10-9-16-6-3-4-7-17(16)14-18/h3-10,13-14,19H,11-12,15H2,1-2H3,(H,23,27)(H,24,26). The van der Waals surface area contributed by atoms with Crippen molar-refractivity contribution in [2.75, 3.05) is 27.2 Å². The van der Waals surface area contributed by atoms with Crippen molar-refractivity contribution in [2.45, 2.75) is 12.5 Å². The normalized spacial score (nSPS) is 12.1. The van der Waals surface area contributed by atoms with Gasteiger partial charge in [0.15, 0.2) is 0 Å². The zero-order valence-electron chi connectivity index (χ0n) is 16.1. The summed E-state index contributed by atoms with van der Waals surface area (Å²) in [6, 6.07) is 17.8. The average Bonchev–Trinajstić information content (AvgIpc) is 3.21. The van der Waals surface area contributed by atoms with Crippen molar-refractivity contribution in [3.8, 4) is 0 Å². The largest absolute Gasteiger partial charge is 0.354 e. The van der Waals surface area contributed by atoms with Crippen LogP contribution >= 0.6 is 11.3 Å². The summed E-state index contributed by atoms with van der Waals surface area (Å²) < 4.78 is 0. The fourth-order valence-corrected chi connectivity index (χ4v) is 3.96. The zero-order valence-corrected chi connectivity index (χ0v) is 17.0. The van der Waals surface area contributed by atoms with Gasteiger partial charge in [-0.05, 0) is 48.4 Å². The molecule has 6 heteroatoms. The van der Waals surface area contributed by atoms with Gasteiger partial charge < -0.3 is 15.5 Å². The predicted octanol–water partition coefficient (Wildman–Crippen LogP) is 3.44. The van der Waals surface area contributed by atoms with Gasteiger partial charge in [-0.2, -0.15) is 0 Å². The minimum Gasteiger partial charge on any atom is -0.354 e. The molecule has 0 radical (unpaired) electrons. The van der Waals surface area contributed by atoms with Gasteiger partial charge in [0.1, 0.15) is 0 Å². The summed E-state index contributed by atoms with van der Waals surface area (Å²) in [5.74, 6) is -0.231. The molecule has 0 aliphatic heterocycles. The monoisotopic (exact) mass is 395 g/mol. The number of nitrogens with zero attached hydrogens (tertiary/aromatic N) is 1. The van der Waals surface area contributed by atoms with E-state index in [9.17, 15) is 9.59 Å². The van der Waals surface area contributed by atoms with E-state index in [2.05, 4.69) is 21.6 Å². The molecule has 0 saturated carbocycles. The summed E-state index contributed by atoms with van der Waals surface area (Å²) in [7, 11) is 4.00. The number of carbonyl (C=O) groups excluding carboxylic acids is 2. The third kappa shape index (κ3) is 5.18. The molecule has 0 fully saturated rings. The number of fused-ring (bicyclic) bond motifs is 1. The number of likely N-dealkylation sites (N-methyl/N-ethyl adjacent to an activating group) is 1. The summed E-state index contributed by atoms with van der Waals surface area (Å²) in [4.78, 5) is 27.8. The summed E-state index contributed by atoms with van der Waals surface area (Å²) in [5.41, 5.74) is 0.601. The molecule has 5 nitrogen and oxygen atoms in total. The molecule has 1 aromatic heterocycles. The number of amides is 2. The highest BCUT2D eigenvalue weighted by Gasteiger charge is 2.16. The quantitative estimate of drug-likeness (QED) is 0.614. The molecule has 28 heavy (non-hydrogen) atoms. The Labute approximate surface area is 169 Å². The molecule has 3 aromatic rings. The maximum absolute atomic E-state index is 12.3. The summed E-state index contributed by atoms with van der Waals surface area (Å²) in [6.07, 6.45) is 0.254. The van der Waals surface area contributed by atoms with Crippen LogP contribution in [0.15, 0.2) is 60.0 Å². The Morgan fingerprint density at radius 2 is 1.79 bits per heavy atom. The maximum atomic E-state index is 12.3. The number of thiophene rings is 1. The number of hydrogen-bond donors (Lipinski definition) is 2. The number of hydrogen-bond acceptors (Lipinski definition) is 4. The Morgan fingerprint density at radius 3 is 2.50 bits per heavy atom. The minimum atomic E-state index is -0.164. The number of nitrogens with one attached hydrogen (secondary N) is 2. The highest BCUT2D eigenvalue weighted by Crippen LogP contribution is 2.22. The van der Waals surface area contributed by atoms with Gasteiger partial charge in [-0.3, -0.25) is 9.59 Å². The Bertz CT molecular complexity index is 938. The number of carbonyl (C=O) groups is 2. The van der Waals surface area contributed by atoms with E-state index >= 15 is 0 Å². The fraction of sp³-hybridized carbons (Fsp3) is 0.273. The van der Waals surface area contributed by atoms with E-state index in [0.717, 1.165) is 10.8 Å². The molecule has 0 aliphatic carbocycles. The van der Waals surface area contributed by atoms with Gasteiger partial charge in [0.25, 0.3) is 5.91 Å². The topological polar surface area (TPSA) is 61.4 Å². The highest BCUT2D eigenvalue weighted by molar-refractivity contribution is 7.10. The highest BCUT2D eigenvalue weighted by atomic mass is 32.1. The van der Waals surface area contributed by atoms with Gasteiger partial charge in [-0.15, -0.1) is 11.3 Å². The third-order valence-corrected chi connectivity index (χ3v) is 5.61. The van der Waals surface area contributed by atoms with Crippen molar-refractivity contribution < 1.29 is 9.59 Å². The predicted molar refractivity (Wildman–Crippen MR) is 115 cm³/mol. The van der Waals surface area contributed by atoms with Crippen molar-refractivity contribution in [1.82, 2.24) is 15.5 Å². The van der Waals surface area contributed by atoms with Crippen LogP contribution in [-0.4, -0.2) is 43.9 Å². The SMILES string of the molecule is CN(C)C(CNC(=O)CCNC(=O)c1ccc2ccccc2c1)c1cccs1. The first kappa shape index (κ1) is 20.0. The van der Waals surface area contributed by atoms with Crippen LogP contribution < -0.4 is 10.6 Å². The van der Waals surface area contributed by atoms with Crippen LogP contribution in [0.3, 0.4) is 0 Å². The van der Waals surface area contributed by atoms with Gasteiger partial charge in [0.2, 0.25) is 5.91 Å². The average molecular weight is 396 g/mol. The van der Waals surface area contributed by atoms with Crippen LogP contribution in [0.2, 0.25) is 0 Å². The third-order valence-electron chi connectivity index (χ3n) is 4.64. The lowest BCUT2D eigenvalue weighted by Gasteiger charge is -2.23. The summed E-state index contributed by atoms with van der Waals surface area (Å²) >= 11 is 1.68. The first-order chi connectivity index (χ1) is 13.5. The van der Waals surface area contributed by atoms with E-state index in [0.29, 0.717) is 18.7 Å². The van der Waals surface area contributed by atoms with Crippen LogP contribution in [0.1, 0.15) is 27.7 Å². The molecule has 0 aliphatic rings. The molecule has 2 amide bonds. The second-order valence-corrected chi connectivity index (χ2v) is 7.85. The van der Waals surface area contributed by atoms with Crippen LogP contribution in [0.5, 0.6) is 0 Å². The summed E-state index contributed by atoms with van der Waals surface area (Å²) in [6.45, 7) is 0.855. The van der Waals surface area contributed by atoms with E-state index in [1.54, 1.807) is 17.4 Å². The number of rotatable bonds is 8. The van der Waals surface area contributed by atoms with Gasteiger partial charge >= 0.3 is 0 Å². The second-order valence-electron chi connectivity index (χ2n) is 6.87. The second kappa shape index (κ2) is 9.48. The van der Waals surface area contributed by atoms with Crippen LogP contribution in [0, 0.1) is 0 Å². The van der Waals surface area contributed by atoms with Crippen LogP contribution in [-0.2, 0) is 4.79 Å². The first-order valence-corrected chi connectivity index (χ1v) is 10.2. The smallest absolute Gasteiger partial charge is 0.251 e. The van der Waals surface area contributed by atoms with E-state index in [-0.39, 0.29) is 24.3 Å². The van der Waals surface area contributed by atoms with Crippen molar-refractivity contribution in [2.24, 2.45) is 0 Å². The molecule has 0 bridgehead atoms. The lowest BCUT2D eigenvalue weighted by atomic mass is 10.1. The molecular weight excluding hydrogens is 370 g/mol. The molecule has 3 rings (SSSR count). The van der Waals surface area contributed by atoms with Crippen LogP contribution in [0.25, 0.3) is 10.8 Å². The Hall–Kier alpha value is -2.70. The van der Waals surface area contributed by atoms with Crippen molar-refractivity contribution in [3.05, 3.63) is 70.4 Å². The molecule has 2 N–H and O–H groups in total. The molecule has 146 valence electrons. The van der Waals surface area contributed by atoms with E-state index < -0.39 is 0 Å². The lowest BCUT2D eigenvalue weighted by Crippen LogP contribution is -2.36. The molecule has 1 atom stereocenters. The molecular formula is C22H25N3O2S. The Balaban J connectivity index is 1.46. The van der Waals surface area contributed by atoms with Crippen molar-refractivity contribution in [3.63, 3.8) is 0 Å². The van der Waals surface area contributed by atoms with E-state index in [4.69, 9.17) is 0 Å². The first-order valence-electron chi connectivity index (χ1n) is 9.28. The van der Waals surface area contributed by atoms with E-state index in [1.807, 2.05) is 61.9 Å². The van der Waals surface area contributed by atoms with Crippen LogP contribution in [0.4, 0.5) is 0 Å². The summed E-state index contributed by atoms with van der Waals surface area (Å²) in [5, 5.41) is 9.95. The lowest BCUT2D eigenvalue weighted by molar-refractivity contribution is -0.121. The minimum absolute atomic E-state index is 0.0674. The zero-order chi connectivity index (χ0) is 19.9. The van der Waals surface area contributed by atoms with E-state index in [1.165, 1.54) is 4.88 Å². The van der Waals surface area contributed by atoms with Gasteiger partial charge in [-0.1, -0.05) is 36.4 Å². The van der Waals surface area contributed by atoms with Crippen molar-refractivity contribution in [1.29, 1.82) is 0 Å². The molecule has 1 unspecified atom stereocenters. The maximum Gasteiger partial charge on any atom is 0.251 e. The molecule has 0 saturated heterocycles. The van der Waals surface area contributed by atoms with Gasteiger partial charge in [0.05, 0.1) is 6.04 Å². The fourth-order valence-electron chi connectivity index (χ4n) is 3.04. The Morgan fingerprint density at radius 1 is 1.00 bits per heavy atom. The van der Waals surface area contributed by atoms with Crippen molar-refractivity contribution >= 4 is 33.9 Å². The molecule has 0 spiro atoms. The van der Waals surface area contributed by atoms with Gasteiger partial charge in [0, 0.05) is 30.0 Å². The number of benzene rings is 2.